The van der Waals surface area contributed by atoms with Crippen LogP contribution in [0.3, 0.4) is 0 Å². The van der Waals surface area contributed by atoms with Crippen LogP contribution in [0.5, 0.6) is 5.75 Å². The van der Waals surface area contributed by atoms with Crippen LogP contribution in [0.15, 0.2) is 24.3 Å². The Morgan fingerprint density at radius 3 is 2.35 bits per heavy atom. The van der Waals surface area contributed by atoms with Gasteiger partial charge in [0.1, 0.15) is 11.4 Å². The highest BCUT2D eigenvalue weighted by molar-refractivity contribution is 5.97. The Labute approximate surface area is 121 Å². The molecule has 1 rings (SSSR count). The maximum absolute atomic E-state index is 12.1. The van der Waals surface area contributed by atoms with Gasteiger partial charge in [-0.1, -0.05) is 13.8 Å². The molecule has 20 heavy (non-hydrogen) atoms. The molecule has 0 radical (unpaired) electrons. The van der Waals surface area contributed by atoms with Crippen LogP contribution in [-0.2, 0) is 9.53 Å². The minimum atomic E-state index is -0.800. The first-order chi connectivity index (χ1) is 9.45. The van der Waals surface area contributed by atoms with Gasteiger partial charge in [0.05, 0.1) is 6.10 Å². The van der Waals surface area contributed by atoms with Crippen LogP contribution in [0, 0.1) is 0 Å². The first-order valence-electron chi connectivity index (χ1n) is 7.08. The van der Waals surface area contributed by atoms with Crippen LogP contribution in [0.4, 0.5) is 5.69 Å². The highest BCUT2D eigenvalue weighted by Crippen LogP contribution is 2.20. The van der Waals surface area contributed by atoms with Crippen molar-refractivity contribution in [1.29, 1.82) is 0 Å². The average Bonchev–Trinajstić information content (AvgIpc) is 2.48. The molecule has 0 saturated carbocycles. The summed E-state index contributed by atoms with van der Waals surface area (Å²) in [6.45, 7) is 7.81. The Balaban J connectivity index is 2.68. The second-order valence-electron chi connectivity index (χ2n) is 5.10. The molecule has 0 aliphatic carbocycles. The molecule has 1 amide bonds. The predicted molar refractivity (Wildman–Crippen MR) is 81.2 cm³/mol. The molecule has 0 unspecified atom stereocenters. The molecule has 0 bridgehead atoms. The molecule has 112 valence electrons. The van der Waals surface area contributed by atoms with E-state index in [9.17, 15) is 4.79 Å². The lowest BCUT2D eigenvalue weighted by Gasteiger charge is -2.25. The van der Waals surface area contributed by atoms with Crippen molar-refractivity contribution < 1.29 is 14.3 Å². The fourth-order valence-electron chi connectivity index (χ4n) is 1.59. The van der Waals surface area contributed by atoms with Gasteiger partial charge in [-0.25, -0.2) is 0 Å². The Morgan fingerprint density at radius 1 is 1.30 bits per heavy atom. The van der Waals surface area contributed by atoms with Crippen LogP contribution >= 0.6 is 0 Å². The zero-order valence-electron chi connectivity index (χ0n) is 13.0. The van der Waals surface area contributed by atoms with Gasteiger partial charge >= 0.3 is 0 Å². The quantitative estimate of drug-likeness (QED) is 0.829. The van der Waals surface area contributed by atoms with Crippen LogP contribution < -0.4 is 10.1 Å². The smallest absolute Gasteiger partial charge is 0.256 e. The standard InChI is InChI=1S/C16H25NO3/c1-6-12(3)20-14-10-8-13(9-11-14)17-15(18)16(4,7-2)19-5/h8-12H,6-7H2,1-5H3,(H,17,18)/t12-,16-/m0/s1. The first kappa shape index (κ1) is 16.5. The minimum absolute atomic E-state index is 0.141. The largest absolute Gasteiger partial charge is 0.491 e. The lowest BCUT2D eigenvalue weighted by molar-refractivity contribution is -0.136. The number of benzene rings is 1. The van der Waals surface area contributed by atoms with Gasteiger partial charge in [0.15, 0.2) is 0 Å². The van der Waals surface area contributed by atoms with Gasteiger partial charge in [0.2, 0.25) is 0 Å². The van der Waals surface area contributed by atoms with Gasteiger partial charge < -0.3 is 14.8 Å². The Hall–Kier alpha value is -1.55. The predicted octanol–water partition coefficient (Wildman–Crippen LogP) is 3.62. The highest BCUT2D eigenvalue weighted by Gasteiger charge is 2.30. The number of hydrogen-bond donors (Lipinski definition) is 1. The van der Waals surface area contributed by atoms with E-state index in [0.29, 0.717) is 6.42 Å². The van der Waals surface area contributed by atoms with Crippen molar-refractivity contribution in [3.05, 3.63) is 24.3 Å². The number of hydrogen-bond acceptors (Lipinski definition) is 3. The fraction of sp³-hybridized carbons (Fsp3) is 0.562. The molecular weight excluding hydrogens is 254 g/mol. The molecule has 0 aromatic heterocycles. The average molecular weight is 279 g/mol. The molecule has 2 atom stereocenters. The third-order valence-electron chi connectivity index (χ3n) is 3.63. The summed E-state index contributed by atoms with van der Waals surface area (Å²) in [5.74, 6) is 0.667. The molecule has 0 fully saturated rings. The summed E-state index contributed by atoms with van der Waals surface area (Å²) in [5.41, 5.74) is -0.0606. The van der Waals surface area contributed by atoms with E-state index in [1.807, 2.05) is 38.1 Å². The van der Waals surface area contributed by atoms with E-state index >= 15 is 0 Å². The second kappa shape index (κ2) is 7.29. The Morgan fingerprint density at radius 2 is 1.90 bits per heavy atom. The lowest BCUT2D eigenvalue weighted by atomic mass is 10.0. The lowest BCUT2D eigenvalue weighted by Crippen LogP contribution is -2.41. The summed E-state index contributed by atoms with van der Waals surface area (Å²) >= 11 is 0. The monoisotopic (exact) mass is 279 g/mol. The molecule has 1 aromatic rings. The zero-order valence-corrected chi connectivity index (χ0v) is 13.0. The van der Waals surface area contributed by atoms with E-state index in [0.717, 1.165) is 17.9 Å². The normalized spacial score (nSPS) is 15.2. The summed E-state index contributed by atoms with van der Waals surface area (Å²) in [6.07, 6.45) is 1.76. The van der Waals surface area contributed by atoms with E-state index in [1.54, 1.807) is 14.0 Å². The molecule has 0 spiro atoms. The number of carbonyl (C=O) groups is 1. The van der Waals surface area contributed by atoms with Crippen molar-refractivity contribution in [2.75, 3.05) is 12.4 Å². The summed E-state index contributed by atoms with van der Waals surface area (Å²) in [6, 6.07) is 7.39. The number of ether oxygens (including phenoxy) is 2. The van der Waals surface area contributed by atoms with Crippen LogP contribution in [-0.4, -0.2) is 24.7 Å². The maximum atomic E-state index is 12.1. The van der Waals surface area contributed by atoms with Gasteiger partial charge in [-0.2, -0.15) is 0 Å². The van der Waals surface area contributed by atoms with E-state index in [2.05, 4.69) is 12.2 Å². The van der Waals surface area contributed by atoms with Gasteiger partial charge in [-0.05, 0) is 51.0 Å². The SMILES string of the molecule is CC[C@H](C)Oc1ccc(NC(=O)[C@](C)(CC)OC)cc1. The van der Waals surface area contributed by atoms with E-state index < -0.39 is 5.60 Å². The Bertz CT molecular complexity index is 424. The molecule has 0 aliphatic heterocycles. The summed E-state index contributed by atoms with van der Waals surface area (Å²) in [5, 5.41) is 2.86. The first-order valence-corrected chi connectivity index (χ1v) is 7.08. The summed E-state index contributed by atoms with van der Waals surface area (Å²) in [4.78, 5) is 12.1. The molecule has 0 heterocycles. The molecule has 1 N–H and O–H groups in total. The van der Waals surface area contributed by atoms with Crippen LogP contribution in [0.1, 0.15) is 40.5 Å². The van der Waals surface area contributed by atoms with Crippen molar-refractivity contribution in [1.82, 2.24) is 0 Å². The highest BCUT2D eigenvalue weighted by atomic mass is 16.5. The number of methoxy groups -OCH3 is 1. The summed E-state index contributed by atoms with van der Waals surface area (Å²) < 4.78 is 11.0. The number of rotatable bonds is 7. The second-order valence-corrected chi connectivity index (χ2v) is 5.10. The molecule has 4 heteroatoms. The van der Waals surface area contributed by atoms with Crippen molar-refractivity contribution in [2.24, 2.45) is 0 Å². The Kier molecular flexibility index (Phi) is 6.02. The third-order valence-corrected chi connectivity index (χ3v) is 3.63. The molecule has 0 aliphatic rings. The van der Waals surface area contributed by atoms with Crippen LogP contribution in [0.25, 0.3) is 0 Å². The zero-order chi connectivity index (χ0) is 15.2. The van der Waals surface area contributed by atoms with Gasteiger partial charge in [-0.3, -0.25) is 4.79 Å². The van der Waals surface area contributed by atoms with Crippen molar-refractivity contribution in [2.45, 2.75) is 52.2 Å². The van der Waals surface area contributed by atoms with Crippen molar-refractivity contribution >= 4 is 11.6 Å². The number of anilines is 1. The summed E-state index contributed by atoms with van der Waals surface area (Å²) in [7, 11) is 1.55. The van der Waals surface area contributed by atoms with E-state index in [4.69, 9.17) is 9.47 Å². The molecule has 0 saturated heterocycles. The fourth-order valence-corrected chi connectivity index (χ4v) is 1.59. The molecular formula is C16H25NO3. The number of carbonyl (C=O) groups excluding carboxylic acids is 1. The molecule has 4 nitrogen and oxygen atoms in total. The van der Waals surface area contributed by atoms with Gasteiger partial charge in [-0.15, -0.1) is 0 Å². The minimum Gasteiger partial charge on any atom is -0.491 e. The molecule has 1 aromatic carbocycles. The topological polar surface area (TPSA) is 47.6 Å². The number of nitrogens with one attached hydrogen (secondary N) is 1. The van der Waals surface area contributed by atoms with E-state index in [-0.39, 0.29) is 12.0 Å². The van der Waals surface area contributed by atoms with Crippen LogP contribution in [0.2, 0.25) is 0 Å². The third kappa shape index (κ3) is 4.23. The maximum Gasteiger partial charge on any atom is 0.256 e. The van der Waals surface area contributed by atoms with Crippen molar-refractivity contribution in [3.8, 4) is 5.75 Å². The van der Waals surface area contributed by atoms with Crippen molar-refractivity contribution in [3.63, 3.8) is 0 Å². The van der Waals surface area contributed by atoms with Gasteiger partial charge in [0, 0.05) is 12.8 Å². The number of amides is 1. The van der Waals surface area contributed by atoms with Gasteiger partial charge in [0.25, 0.3) is 5.91 Å². The van der Waals surface area contributed by atoms with E-state index in [1.165, 1.54) is 0 Å².